The van der Waals surface area contributed by atoms with Crippen LogP contribution in [0.4, 0.5) is 4.39 Å². The molecule has 0 aliphatic carbocycles. The van der Waals surface area contributed by atoms with E-state index < -0.39 is 0 Å². The Balaban J connectivity index is 2.68. The van der Waals surface area contributed by atoms with Crippen molar-refractivity contribution in [3.05, 3.63) is 35.6 Å². The van der Waals surface area contributed by atoms with Crippen LogP contribution >= 0.6 is 0 Å². The molecule has 20 heavy (non-hydrogen) atoms. The molecular weight excluding hydrogens is 253 g/mol. The van der Waals surface area contributed by atoms with Gasteiger partial charge in [0, 0.05) is 24.8 Å². The molecule has 0 aliphatic rings. The lowest BCUT2D eigenvalue weighted by molar-refractivity contribution is 0.0338. The number of rotatable bonds is 7. The van der Waals surface area contributed by atoms with Gasteiger partial charge in [-0.3, -0.25) is 0 Å². The number of benzene rings is 1. The summed E-state index contributed by atoms with van der Waals surface area (Å²) in [7, 11) is 0. The van der Waals surface area contributed by atoms with Crippen LogP contribution in [-0.2, 0) is 4.74 Å². The summed E-state index contributed by atoms with van der Waals surface area (Å²) in [5, 5.41) is 3.33. The number of halogens is 1. The van der Waals surface area contributed by atoms with Crippen molar-refractivity contribution in [2.45, 2.75) is 53.2 Å². The van der Waals surface area contributed by atoms with Crippen LogP contribution < -0.4 is 5.32 Å². The smallest absolute Gasteiger partial charge is 0.129 e. The molecule has 0 radical (unpaired) electrons. The van der Waals surface area contributed by atoms with E-state index in [1.165, 1.54) is 6.07 Å². The lowest BCUT2D eigenvalue weighted by atomic mass is 9.93. The molecule has 0 fully saturated rings. The van der Waals surface area contributed by atoms with E-state index in [0.29, 0.717) is 24.8 Å². The first kappa shape index (κ1) is 17.1. The van der Waals surface area contributed by atoms with E-state index in [-0.39, 0.29) is 17.3 Å². The zero-order valence-electron chi connectivity index (χ0n) is 13.4. The lowest BCUT2D eigenvalue weighted by Crippen LogP contribution is -2.30. The zero-order chi connectivity index (χ0) is 15.2. The second-order valence-electron chi connectivity index (χ2n) is 6.75. The Kier molecular flexibility index (Phi) is 6.63. The highest BCUT2D eigenvalue weighted by molar-refractivity contribution is 5.20. The van der Waals surface area contributed by atoms with Gasteiger partial charge in [-0.25, -0.2) is 4.39 Å². The van der Waals surface area contributed by atoms with Crippen LogP contribution in [0, 0.1) is 11.2 Å². The van der Waals surface area contributed by atoms with Gasteiger partial charge in [0.05, 0.1) is 6.10 Å². The predicted octanol–water partition coefficient (Wildman–Crippen LogP) is 4.32. The van der Waals surface area contributed by atoms with Crippen molar-refractivity contribution in [2.24, 2.45) is 5.41 Å². The van der Waals surface area contributed by atoms with Crippen molar-refractivity contribution in [1.29, 1.82) is 0 Å². The minimum Gasteiger partial charge on any atom is -0.372 e. The number of hydrogen-bond acceptors (Lipinski definition) is 2. The predicted molar refractivity (Wildman–Crippen MR) is 82.3 cm³/mol. The molecule has 2 nitrogen and oxygen atoms in total. The summed E-state index contributed by atoms with van der Waals surface area (Å²) in [5.41, 5.74) is 0.861. The number of ether oxygens (including phenoxy) is 1. The highest BCUT2D eigenvalue weighted by Crippen LogP contribution is 2.23. The second kappa shape index (κ2) is 7.75. The highest BCUT2D eigenvalue weighted by Gasteiger charge is 2.18. The van der Waals surface area contributed by atoms with Gasteiger partial charge in [0.1, 0.15) is 5.82 Å². The molecule has 1 N–H and O–H groups in total. The van der Waals surface area contributed by atoms with E-state index >= 15 is 0 Å². The summed E-state index contributed by atoms with van der Waals surface area (Å²) in [5.74, 6) is -0.196. The molecule has 3 heteroatoms. The van der Waals surface area contributed by atoms with E-state index in [2.05, 4.69) is 39.9 Å². The maximum Gasteiger partial charge on any atom is 0.129 e. The minimum absolute atomic E-state index is 0.196. The van der Waals surface area contributed by atoms with Crippen molar-refractivity contribution < 1.29 is 9.13 Å². The molecule has 0 saturated carbocycles. The summed E-state index contributed by atoms with van der Waals surface area (Å²) in [6, 6.07) is 7.22. The fraction of sp³-hybridized carbons (Fsp3) is 0.647. The maximum absolute atomic E-state index is 13.9. The van der Waals surface area contributed by atoms with E-state index in [1.54, 1.807) is 12.1 Å². The van der Waals surface area contributed by atoms with Gasteiger partial charge in [0.2, 0.25) is 0 Å². The summed E-state index contributed by atoms with van der Waals surface area (Å²) in [6.45, 7) is 12.0. The molecule has 1 aromatic carbocycles. The first-order valence-corrected chi connectivity index (χ1v) is 7.39. The van der Waals surface area contributed by atoms with Crippen LogP contribution in [0.15, 0.2) is 24.3 Å². The monoisotopic (exact) mass is 281 g/mol. The zero-order valence-corrected chi connectivity index (χ0v) is 13.4. The summed E-state index contributed by atoms with van der Waals surface area (Å²) in [6.07, 6.45) is 0.723. The van der Waals surface area contributed by atoms with Crippen LogP contribution in [0.3, 0.4) is 0 Å². The van der Waals surface area contributed by atoms with Gasteiger partial charge in [0.15, 0.2) is 0 Å². The van der Waals surface area contributed by atoms with Crippen LogP contribution in [0.1, 0.15) is 52.7 Å². The molecule has 0 aromatic heterocycles. The van der Waals surface area contributed by atoms with Crippen molar-refractivity contribution in [3.8, 4) is 0 Å². The number of nitrogens with one attached hydrogen (secondary N) is 1. The molecule has 1 aromatic rings. The van der Waals surface area contributed by atoms with Gasteiger partial charge < -0.3 is 10.1 Å². The van der Waals surface area contributed by atoms with Crippen LogP contribution in [0.5, 0.6) is 0 Å². The Morgan fingerprint density at radius 3 is 2.40 bits per heavy atom. The Hall–Kier alpha value is -0.930. The second-order valence-corrected chi connectivity index (χ2v) is 6.75. The van der Waals surface area contributed by atoms with Crippen molar-refractivity contribution in [2.75, 3.05) is 13.2 Å². The molecule has 1 rings (SSSR count). The standard InChI is InChI=1S/C17H28FNO/c1-13(2)19-12-16(20-11-10-17(3,4)5)14-8-6-7-9-15(14)18/h6-9,13,16,19H,10-12H2,1-5H3. The molecule has 1 atom stereocenters. The van der Waals surface area contributed by atoms with E-state index in [0.717, 1.165) is 6.42 Å². The third-order valence-electron chi connectivity index (χ3n) is 3.13. The molecule has 114 valence electrons. The van der Waals surface area contributed by atoms with Gasteiger partial charge in [0.25, 0.3) is 0 Å². The Bertz CT molecular complexity index is 398. The normalized spacial score (nSPS) is 13.8. The molecule has 1 unspecified atom stereocenters. The fourth-order valence-electron chi connectivity index (χ4n) is 1.84. The van der Waals surface area contributed by atoms with Gasteiger partial charge in [-0.2, -0.15) is 0 Å². The lowest BCUT2D eigenvalue weighted by Gasteiger charge is -2.24. The van der Waals surface area contributed by atoms with Gasteiger partial charge in [-0.05, 0) is 17.9 Å². The first-order chi connectivity index (χ1) is 9.29. The van der Waals surface area contributed by atoms with E-state index in [4.69, 9.17) is 4.74 Å². The molecule has 0 saturated heterocycles. The molecule has 0 heterocycles. The van der Waals surface area contributed by atoms with Crippen LogP contribution in [-0.4, -0.2) is 19.2 Å². The third-order valence-corrected chi connectivity index (χ3v) is 3.13. The molecule has 0 spiro atoms. The fourth-order valence-corrected chi connectivity index (χ4v) is 1.84. The largest absolute Gasteiger partial charge is 0.372 e. The molecule has 0 aliphatic heterocycles. The minimum atomic E-state index is -0.235. The summed E-state index contributed by atoms with van der Waals surface area (Å²) < 4.78 is 19.9. The average molecular weight is 281 g/mol. The van der Waals surface area contributed by atoms with Crippen molar-refractivity contribution in [3.63, 3.8) is 0 Å². The molecule has 0 amide bonds. The highest BCUT2D eigenvalue weighted by atomic mass is 19.1. The summed E-state index contributed by atoms with van der Waals surface area (Å²) in [4.78, 5) is 0. The quantitative estimate of drug-likeness (QED) is 0.803. The SMILES string of the molecule is CC(C)NCC(OCCC(C)(C)C)c1ccccc1F. The van der Waals surface area contributed by atoms with Gasteiger partial charge >= 0.3 is 0 Å². The first-order valence-electron chi connectivity index (χ1n) is 7.39. The Morgan fingerprint density at radius 2 is 1.85 bits per heavy atom. The number of hydrogen-bond donors (Lipinski definition) is 1. The van der Waals surface area contributed by atoms with Crippen molar-refractivity contribution >= 4 is 0 Å². The van der Waals surface area contributed by atoms with Crippen molar-refractivity contribution in [1.82, 2.24) is 5.32 Å². The molecular formula is C17H28FNO. The van der Waals surface area contributed by atoms with Gasteiger partial charge in [-0.15, -0.1) is 0 Å². The Labute approximate surface area is 122 Å². The van der Waals surface area contributed by atoms with E-state index in [9.17, 15) is 4.39 Å². The van der Waals surface area contributed by atoms with E-state index in [1.807, 2.05) is 6.07 Å². The summed E-state index contributed by atoms with van der Waals surface area (Å²) >= 11 is 0. The van der Waals surface area contributed by atoms with Crippen LogP contribution in [0.25, 0.3) is 0 Å². The molecule has 0 bridgehead atoms. The third kappa shape index (κ3) is 6.49. The maximum atomic E-state index is 13.9. The Morgan fingerprint density at radius 1 is 1.20 bits per heavy atom. The average Bonchev–Trinajstić information content (AvgIpc) is 2.33. The topological polar surface area (TPSA) is 21.3 Å². The van der Waals surface area contributed by atoms with Crippen LogP contribution in [0.2, 0.25) is 0 Å². The van der Waals surface area contributed by atoms with Gasteiger partial charge in [-0.1, -0.05) is 52.8 Å².